The van der Waals surface area contributed by atoms with Crippen LogP contribution in [0.4, 0.5) is 0 Å². The Bertz CT molecular complexity index is 778. The molecule has 5 nitrogen and oxygen atoms in total. The summed E-state index contributed by atoms with van der Waals surface area (Å²) in [5.41, 5.74) is 3.94. The van der Waals surface area contributed by atoms with Crippen molar-refractivity contribution in [3.63, 3.8) is 0 Å². The van der Waals surface area contributed by atoms with Gasteiger partial charge < -0.3 is 15.4 Å². The number of benzene rings is 2. The number of hydrogen-bond donors (Lipinski definition) is 2. The molecule has 0 radical (unpaired) electrons. The monoisotopic (exact) mass is 506 g/mol. The number of nitrogens with zero attached hydrogens (tertiary/aromatic N) is 2. The second-order valence-corrected chi connectivity index (χ2v) is 7.66. The van der Waals surface area contributed by atoms with Crippen molar-refractivity contribution in [2.45, 2.75) is 38.5 Å². The van der Waals surface area contributed by atoms with Crippen LogP contribution >= 0.6 is 24.0 Å². The van der Waals surface area contributed by atoms with Crippen LogP contribution in [0.5, 0.6) is 5.75 Å². The van der Waals surface area contributed by atoms with Gasteiger partial charge in [0, 0.05) is 26.6 Å². The second kappa shape index (κ2) is 10.8. The molecule has 0 saturated carbocycles. The van der Waals surface area contributed by atoms with E-state index < -0.39 is 0 Å². The van der Waals surface area contributed by atoms with Crippen LogP contribution in [0.15, 0.2) is 53.5 Å². The third kappa shape index (κ3) is 6.09. The van der Waals surface area contributed by atoms with Gasteiger partial charge in [0.05, 0.1) is 6.54 Å². The Hall–Kier alpha value is -1.80. The zero-order valence-corrected chi connectivity index (χ0v) is 19.4. The van der Waals surface area contributed by atoms with Crippen molar-refractivity contribution in [3.8, 4) is 5.75 Å². The minimum absolute atomic E-state index is 0. The SMILES string of the molecule is CN=C(NCc1ccc(CN2CCCC2)cc1)NCC1Cc2ccccc2O1.I. The third-order valence-corrected chi connectivity index (χ3v) is 5.52. The standard InChI is InChI=1S/C23H30N4O.HI/c1-24-23(26-16-21-14-20-6-2-3-7-22(20)28-21)25-15-18-8-10-19(11-9-18)17-27-12-4-5-13-27;/h2-3,6-11,21H,4-5,12-17H2,1H3,(H2,24,25,26);1H. The number of hydrogen-bond acceptors (Lipinski definition) is 3. The average molecular weight is 506 g/mol. The molecule has 2 aliphatic heterocycles. The molecule has 2 aliphatic rings. The largest absolute Gasteiger partial charge is 0.488 e. The summed E-state index contributed by atoms with van der Waals surface area (Å²) < 4.78 is 5.98. The summed E-state index contributed by atoms with van der Waals surface area (Å²) in [7, 11) is 1.80. The molecular formula is C23H31IN4O. The number of fused-ring (bicyclic) bond motifs is 1. The number of guanidine groups is 1. The zero-order chi connectivity index (χ0) is 19.2. The molecule has 1 unspecified atom stereocenters. The lowest BCUT2D eigenvalue weighted by atomic mass is 10.1. The topological polar surface area (TPSA) is 48.9 Å². The number of rotatable bonds is 6. The van der Waals surface area contributed by atoms with E-state index in [4.69, 9.17) is 4.74 Å². The van der Waals surface area contributed by atoms with Gasteiger partial charge in [-0.3, -0.25) is 9.89 Å². The molecule has 1 saturated heterocycles. The Morgan fingerprint density at radius 2 is 1.76 bits per heavy atom. The molecular weight excluding hydrogens is 475 g/mol. The Balaban J connectivity index is 0.00000240. The van der Waals surface area contributed by atoms with E-state index in [0.717, 1.165) is 37.8 Å². The van der Waals surface area contributed by atoms with E-state index in [-0.39, 0.29) is 30.1 Å². The van der Waals surface area contributed by atoms with Crippen molar-refractivity contribution < 1.29 is 4.74 Å². The molecule has 2 heterocycles. The molecule has 4 rings (SSSR count). The van der Waals surface area contributed by atoms with Crippen LogP contribution in [-0.2, 0) is 19.5 Å². The van der Waals surface area contributed by atoms with Crippen molar-refractivity contribution in [1.29, 1.82) is 0 Å². The van der Waals surface area contributed by atoms with E-state index in [1.54, 1.807) is 7.05 Å². The van der Waals surface area contributed by atoms with Gasteiger partial charge >= 0.3 is 0 Å². The molecule has 29 heavy (non-hydrogen) atoms. The maximum atomic E-state index is 5.98. The minimum Gasteiger partial charge on any atom is -0.488 e. The number of para-hydroxylation sites is 1. The highest BCUT2D eigenvalue weighted by atomic mass is 127. The predicted molar refractivity (Wildman–Crippen MR) is 129 cm³/mol. The summed E-state index contributed by atoms with van der Waals surface area (Å²) >= 11 is 0. The first-order chi connectivity index (χ1) is 13.8. The summed E-state index contributed by atoms with van der Waals surface area (Å²) in [4.78, 5) is 6.86. The van der Waals surface area contributed by atoms with Gasteiger partial charge in [-0.25, -0.2) is 0 Å². The van der Waals surface area contributed by atoms with Gasteiger partial charge in [0.1, 0.15) is 11.9 Å². The third-order valence-electron chi connectivity index (χ3n) is 5.52. The molecule has 156 valence electrons. The van der Waals surface area contributed by atoms with Crippen LogP contribution in [0, 0.1) is 0 Å². The van der Waals surface area contributed by atoms with Crippen LogP contribution in [-0.4, -0.2) is 43.6 Å². The average Bonchev–Trinajstić information content (AvgIpc) is 3.38. The van der Waals surface area contributed by atoms with Gasteiger partial charge in [-0.15, -0.1) is 24.0 Å². The van der Waals surface area contributed by atoms with Crippen LogP contribution in [0.1, 0.15) is 29.5 Å². The normalized spacial score (nSPS) is 18.7. The molecule has 0 spiro atoms. The van der Waals surface area contributed by atoms with E-state index in [0.29, 0.717) is 0 Å². The van der Waals surface area contributed by atoms with Crippen molar-refractivity contribution in [2.75, 3.05) is 26.7 Å². The molecule has 2 aromatic rings. The molecule has 1 fully saturated rings. The minimum atomic E-state index is 0. The molecule has 0 bridgehead atoms. The zero-order valence-electron chi connectivity index (χ0n) is 17.1. The van der Waals surface area contributed by atoms with E-state index in [9.17, 15) is 0 Å². The lowest BCUT2D eigenvalue weighted by Crippen LogP contribution is -2.41. The fraction of sp³-hybridized carbons (Fsp3) is 0.435. The molecule has 2 N–H and O–H groups in total. The van der Waals surface area contributed by atoms with E-state index >= 15 is 0 Å². The number of likely N-dealkylation sites (tertiary alicyclic amines) is 1. The number of nitrogens with one attached hydrogen (secondary N) is 2. The fourth-order valence-corrected chi connectivity index (χ4v) is 3.95. The van der Waals surface area contributed by atoms with Crippen LogP contribution in [0.3, 0.4) is 0 Å². The van der Waals surface area contributed by atoms with Gasteiger partial charge in [0.15, 0.2) is 5.96 Å². The summed E-state index contributed by atoms with van der Waals surface area (Å²) in [6, 6.07) is 17.2. The van der Waals surface area contributed by atoms with E-state index in [1.165, 1.54) is 42.6 Å². The van der Waals surface area contributed by atoms with Crippen molar-refractivity contribution in [1.82, 2.24) is 15.5 Å². The number of halogens is 1. The molecule has 2 aromatic carbocycles. The van der Waals surface area contributed by atoms with E-state index in [1.807, 2.05) is 12.1 Å². The number of aliphatic imine (C=N–C) groups is 1. The molecule has 6 heteroatoms. The highest BCUT2D eigenvalue weighted by Crippen LogP contribution is 2.27. The van der Waals surface area contributed by atoms with Gasteiger partial charge in [0.25, 0.3) is 0 Å². The lowest BCUT2D eigenvalue weighted by Gasteiger charge is -2.16. The first kappa shape index (κ1) is 21.9. The highest BCUT2D eigenvalue weighted by molar-refractivity contribution is 14.0. The van der Waals surface area contributed by atoms with Crippen molar-refractivity contribution >= 4 is 29.9 Å². The summed E-state index contributed by atoms with van der Waals surface area (Å²) in [6.07, 6.45) is 3.78. The first-order valence-electron chi connectivity index (χ1n) is 10.3. The molecule has 1 atom stereocenters. The van der Waals surface area contributed by atoms with Gasteiger partial charge in [-0.05, 0) is 48.7 Å². The maximum absolute atomic E-state index is 5.98. The highest BCUT2D eigenvalue weighted by Gasteiger charge is 2.22. The number of ether oxygens (including phenoxy) is 1. The van der Waals surface area contributed by atoms with Crippen molar-refractivity contribution in [2.24, 2.45) is 4.99 Å². The Kier molecular flexibility index (Phi) is 8.18. The molecule has 0 aromatic heterocycles. The second-order valence-electron chi connectivity index (χ2n) is 7.66. The Labute approximate surface area is 191 Å². The first-order valence-corrected chi connectivity index (χ1v) is 10.3. The van der Waals surface area contributed by atoms with Crippen LogP contribution < -0.4 is 15.4 Å². The maximum Gasteiger partial charge on any atom is 0.191 e. The van der Waals surface area contributed by atoms with Gasteiger partial charge in [-0.1, -0.05) is 42.5 Å². The summed E-state index contributed by atoms with van der Waals surface area (Å²) in [6.45, 7) is 5.04. The van der Waals surface area contributed by atoms with Gasteiger partial charge in [-0.2, -0.15) is 0 Å². The summed E-state index contributed by atoms with van der Waals surface area (Å²) in [5, 5.41) is 6.78. The molecule has 0 amide bonds. The van der Waals surface area contributed by atoms with Gasteiger partial charge in [0.2, 0.25) is 0 Å². The predicted octanol–water partition coefficient (Wildman–Crippen LogP) is 3.57. The van der Waals surface area contributed by atoms with Crippen LogP contribution in [0.25, 0.3) is 0 Å². The smallest absolute Gasteiger partial charge is 0.191 e. The van der Waals surface area contributed by atoms with Crippen LogP contribution in [0.2, 0.25) is 0 Å². The molecule has 0 aliphatic carbocycles. The quantitative estimate of drug-likeness (QED) is 0.358. The Morgan fingerprint density at radius 3 is 2.48 bits per heavy atom. The summed E-state index contributed by atoms with van der Waals surface area (Å²) in [5.74, 6) is 1.81. The fourth-order valence-electron chi connectivity index (χ4n) is 3.95. The lowest BCUT2D eigenvalue weighted by molar-refractivity contribution is 0.235. The Morgan fingerprint density at radius 1 is 1.03 bits per heavy atom. The van der Waals surface area contributed by atoms with Crippen molar-refractivity contribution in [3.05, 3.63) is 65.2 Å². The van der Waals surface area contributed by atoms with E-state index in [2.05, 4.69) is 56.9 Å².